The van der Waals surface area contributed by atoms with Crippen molar-refractivity contribution in [2.45, 2.75) is 26.9 Å². The van der Waals surface area contributed by atoms with Crippen LogP contribution in [0, 0.1) is 30.2 Å². The van der Waals surface area contributed by atoms with Crippen LogP contribution in [0.25, 0.3) is 0 Å². The van der Waals surface area contributed by atoms with Gasteiger partial charge in [0.1, 0.15) is 6.61 Å². The molecule has 2 rings (SSSR count). The van der Waals surface area contributed by atoms with Crippen molar-refractivity contribution in [3.05, 3.63) is 64.2 Å². The maximum atomic E-state index is 13.8. The molecule has 6 heteroatoms. The Morgan fingerprint density at radius 3 is 1.82 bits per heavy atom. The van der Waals surface area contributed by atoms with Gasteiger partial charge in [-0.3, -0.25) is 0 Å². The summed E-state index contributed by atoms with van der Waals surface area (Å²) >= 11 is 0. The van der Waals surface area contributed by atoms with E-state index in [4.69, 9.17) is 4.74 Å². The fourth-order valence-electron chi connectivity index (χ4n) is 1.93. The van der Waals surface area contributed by atoms with Crippen LogP contribution in [0.1, 0.15) is 23.6 Å². The third-order valence-corrected chi connectivity index (χ3v) is 3.17. The molecule has 2 aromatic rings. The van der Waals surface area contributed by atoms with E-state index in [-0.39, 0.29) is 26.5 Å². The highest BCUT2D eigenvalue weighted by atomic mass is 32.1. The van der Waals surface area contributed by atoms with Gasteiger partial charge < -0.3 is 4.74 Å². The van der Waals surface area contributed by atoms with Crippen molar-refractivity contribution in [2.24, 2.45) is 0 Å². The lowest BCUT2D eigenvalue weighted by atomic mass is 10.1. The van der Waals surface area contributed by atoms with Crippen LogP contribution in [0.4, 0.5) is 17.6 Å². The van der Waals surface area contributed by atoms with Gasteiger partial charge in [0.2, 0.25) is 11.6 Å². The minimum Gasteiger partial charge on any atom is -0.483 e. The van der Waals surface area contributed by atoms with Crippen molar-refractivity contribution in [3.8, 4) is 5.75 Å². The Morgan fingerprint density at radius 1 is 0.864 bits per heavy atom. The molecule has 0 saturated carbocycles. The van der Waals surface area contributed by atoms with Crippen LogP contribution >= 0.6 is 13.5 Å². The predicted octanol–water partition coefficient (Wildman–Crippen LogP) is 4.81. The quantitative estimate of drug-likeness (QED) is 0.577. The zero-order valence-electron chi connectivity index (χ0n) is 12.1. The molecule has 0 unspecified atom stereocenters. The summed E-state index contributed by atoms with van der Waals surface area (Å²) in [6.45, 7) is 3.11. The van der Waals surface area contributed by atoms with E-state index >= 15 is 0 Å². The van der Waals surface area contributed by atoms with Gasteiger partial charge in [0.25, 0.3) is 0 Å². The lowest BCUT2D eigenvalue weighted by Crippen LogP contribution is -2.08. The lowest BCUT2D eigenvalue weighted by Gasteiger charge is -2.12. The van der Waals surface area contributed by atoms with E-state index in [0.29, 0.717) is 5.56 Å². The number of rotatable bonds is 4. The number of benzene rings is 2. The Balaban J connectivity index is 0.00000242. The fourth-order valence-corrected chi connectivity index (χ4v) is 1.93. The summed E-state index contributed by atoms with van der Waals surface area (Å²) in [6.07, 6.45) is -0.149. The highest BCUT2D eigenvalue weighted by Crippen LogP contribution is 2.30. The van der Waals surface area contributed by atoms with E-state index in [0.717, 1.165) is 5.56 Å². The molecule has 0 saturated heterocycles. The monoisotopic (exact) mass is 332 g/mol. The summed E-state index contributed by atoms with van der Waals surface area (Å²) in [5, 5.41) is 0. The SMILES string of the molecule is CCc1c(F)c(F)c(OCc2ccc(C)cc2)c(F)c1F.S. The smallest absolute Gasteiger partial charge is 0.204 e. The second-order valence-electron chi connectivity index (χ2n) is 4.69. The lowest BCUT2D eigenvalue weighted by molar-refractivity contribution is 0.260. The van der Waals surface area contributed by atoms with Gasteiger partial charge in [-0.2, -0.15) is 22.3 Å². The minimum absolute atomic E-state index is 0. The number of halogens is 4. The second-order valence-corrected chi connectivity index (χ2v) is 4.69. The molecule has 0 heterocycles. The summed E-state index contributed by atoms with van der Waals surface area (Å²) in [6, 6.07) is 7.01. The van der Waals surface area contributed by atoms with Crippen LogP contribution in [0.15, 0.2) is 24.3 Å². The number of hydrogen-bond donors (Lipinski definition) is 0. The molecule has 0 N–H and O–H groups in total. The van der Waals surface area contributed by atoms with Gasteiger partial charge in [-0.25, -0.2) is 8.78 Å². The standard InChI is InChI=1S/C16H14F4O.H2S/c1-3-11-12(17)14(19)16(15(20)13(11)18)21-8-10-6-4-9(2)5-7-10;/h4-7H,3,8H2,1-2H3;1H2. The van der Waals surface area contributed by atoms with Crippen molar-refractivity contribution >= 4 is 13.5 Å². The zero-order chi connectivity index (χ0) is 15.6. The van der Waals surface area contributed by atoms with Crippen molar-refractivity contribution < 1.29 is 22.3 Å². The van der Waals surface area contributed by atoms with Gasteiger partial charge in [-0.15, -0.1) is 0 Å². The maximum absolute atomic E-state index is 13.8. The molecule has 0 bridgehead atoms. The molecule has 0 amide bonds. The van der Waals surface area contributed by atoms with Crippen LogP contribution in [-0.2, 0) is 13.0 Å². The Labute approximate surface area is 133 Å². The Bertz CT molecular complexity index is 627. The van der Waals surface area contributed by atoms with E-state index in [9.17, 15) is 17.6 Å². The minimum atomic E-state index is -1.50. The van der Waals surface area contributed by atoms with Gasteiger partial charge in [-0.1, -0.05) is 36.8 Å². The molecule has 2 aromatic carbocycles. The molecule has 22 heavy (non-hydrogen) atoms. The Morgan fingerprint density at radius 2 is 1.36 bits per heavy atom. The second kappa shape index (κ2) is 7.54. The van der Waals surface area contributed by atoms with Gasteiger partial charge >= 0.3 is 0 Å². The fraction of sp³-hybridized carbons (Fsp3) is 0.250. The topological polar surface area (TPSA) is 9.23 Å². The molecule has 0 aromatic heterocycles. The third-order valence-electron chi connectivity index (χ3n) is 3.17. The Hall–Kier alpha value is -1.69. The first-order chi connectivity index (χ1) is 9.95. The van der Waals surface area contributed by atoms with E-state index in [1.165, 1.54) is 6.92 Å². The highest BCUT2D eigenvalue weighted by molar-refractivity contribution is 7.59. The van der Waals surface area contributed by atoms with Crippen LogP contribution in [0.5, 0.6) is 5.75 Å². The van der Waals surface area contributed by atoms with E-state index in [2.05, 4.69) is 0 Å². The molecule has 0 radical (unpaired) electrons. The first-order valence-electron chi connectivity index (χ1n) is 6.48. The Kier molecular flexibility index (Phi) is 6.29. The van der Waals surface area contributed by atoms with Crippen LogP contribution in [0.3, 0.4) is 0 Å². The van der Waals surface area contributed by atoms with Crippen molar-refractivity contribution in [1.82, 2.24) is 0 Å². The molecule has 0 fully saturated rings. The van der Waals surface area contributed by atoms with Crippen LogP contribution < -0.4 is 4.74 Å². The molecule has 1 nitrogen and oxygen atoms in total. The normalized spacial score (nSPS) is 10.3. The predicted molar refractivity (Wildman–Crippen MR) is 81.5 cm³/mol. The summed E-state index contributed by atoms with van der Waals surface area (Å²) in [5.74, 6) is -6.84. The number of hydrogen-bond acceptors (Lipinski definition) is 1. The third kappa shape index (κ3) is 3.55. The molecule has 0 spiro atoms. The van der Waals surface area contributed by atoms with Gasteiger partial charge in [-0.05, 0) is 18.9 Å². The number of ether oxygens (including phenoxy) is 1. The first-order valence-corrected chi connectivity index (χ1v) is 6.48. The molecule has 0 aliphatic heterocycles. The van der Waals surface area contributed by atoms with Crippen LogP contribution in [0.2, 0.25) is 0 Å². The molecular weight excluding hydrogens is 316 g/mol. The van der Waals surface area contributed by atoms with Gasteiger partial charge in [0.05, 0.1) is 0 Å². The van der Waals surface area contributed by atoms with Gasteiger partial charge in [0.15, 0.2) is 17.4 Å². The van der Waals surface area contributed by atoms with E-state index in [1.54, 1.807) is 24.3 Å². The average molecular weight is 332 g/mol. The summed E-state index contributed by atoms with van der Waals surface area (Å²) in [4.78, 5) is 0. The van der Waals surface area contributed by atoms with Crippen molar-refractivity contribution in [1.29, 1.82) is 0 Å². The first kappa shape index (κ1) is 18.4. The summed E-state index contributed by atoms with van der Waals surface area (Å²) in [7, 11) is 0. The van der Waals surface area contributed by atoms with Crippen molar-refractivity contribution in [2.75, 3.05) is 0 Å². The molecule has 0 aliphatic carbocycles. The van der Waals surface area contributed by atoms with Gasteiger partial charge in [0, 0.05) is 5.56 Å². The largest absolute Gasteiger partial charge is 0.483 e. The zero-order valence-corrected chi connectivity index (χ0v) is 13.1. The average Bonchev–Trinajstić information content (AvgIpc) is 2.48. The highest BCUT2D eigenvalue weighted by Gasteiger charge is 2.25. The molecule has 0 atom stereocenters. The van der Waals surface area contributed by atoms with Crippen molar-refractivity contribution in [3.63, 3.8) is 0 Å². The molecule has 0 aliphatic rings. The molecular formula is C16H16F4OS. The number of aryl methyl sites for hydroxylation is 1. The summed E-state index contributed by atoms with van der Waals surface area (Å²) in [5.41, 5.74) is 1.04. The van der Waals surface area contributed by atoms with E-state index in [1.807, 2.05) is 6.92 Å². The van der Waals surface area contributed by atoms with E-state index < -0.39 is 34.6 Å². The molecule has 120 valence electrons. The van der Waals surface area contributed by atoms with Crippen LogP contribution in [-0.4, -0.2) is 0 Å². The maximum Gasteiger partial charge on any atom is 0.204 e. The summed E-state index contributed by atoms with van der Waals surface area (Å²) < 4.78 is 59.7.